The van der Waals surface area contributed by atoms with Crippen molar-refractivity contribution in [3.05, 3.63) is 12.2 Å². The van der Waals surface area contributed by atoms with Gasteiger partial charge < -0.3 is 20.1 Å². The van der Waals surface area contributed by atoms with E-state index < -0.39 is 18.3 Å². The van der Waals surface area contributed by atoms with Crippen LogP contribution in [0.2, 0.25) is 0 Å². The summed E-state index contributed by atoms with van der Waals surface area (Å²) >= 11 is 0. The summed E-state index contributed by atoms with van der Waals surface area (Å²) in [5.41, 5.74) is 0. The van der Waals surface area contributed by atoms with Gasteiger partial charge in [0.15, 0.2) is 0 Å². The van der Waals surface area contributed by atoms with E-state index in [9.17, 15) is 20.1 Å². The monoisotopic (exact) mass is 370 g/mol. The van der Waals surface area contributed by atoms with Crippen LogP contribution in [0.5, 0.6) is 0 Å². The van der Waals surface area contributed by atoms with Crippen LogP contribution in [0.4, 0.5) is 0 Å². The average molecular weight is 371 g/mol. The van der Waals surface area contributed by atoms with E-state index in [4.69, 9.17) is 0 Å². The lowest BCUT2D eigenvalue weighted by atomic mass is 9.88. The van der Waals surface area contributed by atoms with Crippen LogP contribution in [0.15, 0.2) is 12.2 Å². The van der Waals surface area contributed by atoms with Crippen LogP contribution < -0.4 is 0 Å². The Labute approximate surface area is 158 Å². The first-order valence-electron chi connectivity index (χ1n) is 10.3. The molecule has 1 fully saturated rings. The molecule has 5 heteroatoms. The van der Waals surface area contributed by atoms with Gasteiger partial charge >= 0.3 is 5.97 Å². The minimum Gasteiger partial charge on any atom is -0.469 e. The number of aliphatic hydroxyl groups is 3. The third-order valence-electron chi connectivity index (χ3n) is 5.47. The van der Waals surface area contributed by atoms with Crippen molar-refractivity contribution in [2.75, 3.05) is 7.11 Å². The molecule has 0 aromatic heterocycles. The highest BCUT2D eigenvalue weighted by Gasteiger charge is 2.39. The molecule has 1 rings (SSSR count). The molecule has 0 spiro atoms. The molecule has 1 aliphatic carbocycles. The molecule has 0 radical (unpaired) electrons. The van der Waals surface area contributed by atoms with Gasteiger partial charge in [-0.05, 0) is 25.2 Å². The molecule has 0 saturated heterocycles. The molecular formula is C21H38O5. The van der Waals surface area contributed by atoms with Crippen LogP contribution >= 0.6 is 0 Å². The van der Waals surface area contributed by atoms with E-state index in [-0.39, 0.29) is 17.8 Å². The van der Waals surface area contributed by atoms with Gasteiger partial charge in [0.2, 0.25) is 0 Å². The van der Waals surface area contributed by atoms with Crippen molar-refractivity contribution in [3.8, 4) is 0 Å². The number of ether oxygens (including phenoxy) is 1. The summed E-state index contributed by atoms with van der Waals surface area (Å²) in [5.74, 6) is -0.201. The van der Waals surface area contributed by atoms with Gasteiger partial charge in [-0.2, -0.15) is 0 Å². The van der Waals surface area contributed by atoms with E-state index in [0.717, 1.165) is 57.8 Å². The van der Waals surface area contributed by atoms with Crippen LogP contribution in [-0.2, 0) is 9.53 Å². The van der Waals surface area contributed by atoms with Crippen LogP contribution in [-0.4, -0.2) is 46.7 Å². The number of esters is 1. The van der Waals surface area contributed by atoms with Crippen LogP contribution in [0.3, 0.4) is 0 Å². The van der Waals surface area contributed by atoms with Gasteiger partial charge in [-0.25, -0.2) is 0 Å². The maximum absolute atomic E-state index is 11.1. The topological polar surface area (TPSA) is 87.0 Å². The maximum Gasteiger partial charge on any atom is 0.305 e. The average Bonchev–Trinajstić information content (AvgIpc) is 2.89. The van der Waals surface area contributed by atoms with Gasteiger partial charge in [0.25, 0.3) is 0 Å². The number of hydrogen-bond acceptors (Lipinski definition) is 5. The summed E-state index contributed by atoms with van der Waals surface area (Å²) in [5, 5.41) is 30.5. The molecule has 26 heavy (non-hydrogen) atoms. The third-order valence-corrected chi connectivity index (χ3v) is 5.47. The summed E-state index contributed by atoms with van der Waals surface area (Å²) in [7, 11) is 1.41. The highest BCUT2D eigenvalue weighted by atomic mass is 16.5. The molecule has 5 atom stereocenters. The van der Waals surface area contributed by atoms with Crippen molar-refractivity contribution in [1.82, 2.24) is 0 Å². The first-order chi connectivity index (χ1) is 12.5. The minimum atomic E-state index is -0.534. The number of methoxy groups -OCH3 is 1. The van der Waals surface area contributed by atoms with Crippen molar-refractivity contribution in [1.29, 1.82) is 0 Å². The van der Waals surface area contributed by atoms with Crippen LogP contribution in [0.25, 0.3) is 0 Å². The third kappa shape index (κ3) is 8.65. The summed E-state index contributed by atoms with van der Waals surface area (Å²) < 4.78 is 4.63. The second kappa shape index (κ2) is 13.3. The van der Waals surface area contributed by atoms with E-state index in [0.29, 0.717) is 12.8 Å². The van der Waals surface area contributed by atoms with E-state index >= 15 is 0 Å². The predicted octanol–water partition coefficient (Wildman–Crippen LogP) is 3.36. The second-order valence-electron chi connectivity index (χ2n) is 7.59. The molecular weight excluding hydrogens is 332 g/mol. The van der Waals surface area contributed by atoms with Crippen molar-refractivity contribution < 1.29 is 24.9 Å². The van der Waals surface area contributed by atoms with E-state index in [1.807, 2.05) is 6.08 Å². The van der Waals surface area contributed by atoms with Gasteiger partial charge in [-0.1, -0.05) is 57.6 Å². The van der Waals surface area contributed by atoms with Crippen LogP contribution in [0, 0.1) is 11.8 Å². The highest BCUT2D eigenvalue weighted by molar-refractivity contribution is 5.68. The van der Waals surface area contributed by atoms with Crippen molar-refractivity contribution in [2.24, 2.45) is 11.8 Å². The fourth-order valence-corrected chi connectivity index (χ4v) is 3.84. The lowest BCUT2D eigenvalue weighted by Crippen LogP contribution is -2.21. The quantitative estimate of drug-likeness (QED) is 0.263. The van der Waals surface area contributed by atoms with Gasteiger partial charge in [0.1, 0.15) is 0 Å². The number of hydrogen-bond donors (Lipinski definition) is 3. The van der Waals surface area contributed by atoms with Crippen LogP contribution in [0.1, 0.15) is 77.6 Å². The summed E-state index contributed by atoms with van der Waals surface area (Å²) in [6, 6.07) is 0. The molecule has 3 N–H and O–H groups in total. The second-order valence-corrected chi connectivity index (χ2v) is 7.59. The predicted molar refractivity (Wildman–Crippen MR) is 103 cm³/mol. The zero-order valence-corrected chi connectivity index (χ0v) is 16.5. The van der Waals surface area contributed by atoms with E-state index in [2.05, 4.69) is 11.7 Å². The Morgan fingerprint density at radius 3 is 2.54 bits per heavy atom. The summed E-state index contributed by atoms with van der Waals surface area (Å²) in [4.78, 5) is 11.1. The highest BCUT2D eigenvalue weighted by Crippen LogP contribution is 2.37. The van der Waals surface area contributed by atoms with E-state index in [1.54, 1.807) is 6.08 Å². The first-order valence-corrected chi connectivity index (χ1v) is 10.3. The molecule has 0 aromatic carbocycles. The van der Waals surface area contributed by atoms with Crippen molar-refractivity contribution >= 4 is 5.97 Å². The van der Waals surface area contributed by atoms with Gasteiger partial charge in [0, 0.05) is 18.8 Å². The summed E-state index contributed by atoms with van der Waals surface area (Å²) in [6.07, 6.45) is 11.7. The SMILES string of the molecule is CCCCCC(O)C=CC1C(O)CC(O)C1CCCCCCC(=O)OC. The number of carbonyl (C=O) groups excluding carboxylic acids is 1. The Morgan fingerprint density at radius 2 is 1.85 bits per heavy atom. The standard InChI is InChI=1S/C21H38O5/c1-3-4-7-10-16(22)13-14-18-17(19(23)15-20(18)24)11-8-5-6-9-12-21(25)26-2/h13-14,16-20,22-24H,3-12,15H2,1-2H3. The molecule has 0 aromatic rings. The molecule has 5 unspecified atom stereocenters. The van der Waals surface area contributed by atoms with Gasteiger partial charge in [-0.15, -0.1) is 0 Å². The molecule has 0 bridgehead atoms. The van der Waals surface area contributed by atoms with E-state index in [1.165, 1.54) is 7.11 Å². The molecule has 0 aliphatic heterocycles. The zero-order valence-electron chi connectivity index (χ0n) is 16.5. The van der Waals surface area contributed by atoms with Gasteiger partial charge in [0.05, 0.1) is 25.4 Å². The smallest absolute Gasteiger partial charge is 0.305 e. The zero-order chi connectivity index (χ0) is 19.4. The Hall–Kier alpha value is -0.910. The van der Waals surface area contributed by atoms with Gasteiger partial charge in [-0.3, -0.25) is 4.79 Å². The molecule has 0 amide bonds. The summed E-state index contributed by atoms with van der Waals surface area (Å²) in [6.45, 7) is 2.14. The fraction of sp³-hybridized carbons (Fsp3) is 0.857. The normalized spacial score (nSPS) is 27.1. The number of carbonyl (C=O) groups is 1. The fourth-order valence-electron chi connectivity index (χ4n) is 3.84. The molecule has 5 nitrogen and oxygen atoms in total. The molecule has 1 aliphatic rings. The maximum atomic E-state index is 11.1. The Morgan fingerprint density at radius 1 is 1.12 bits per heavy atom. The Bertz CT molecular complexity index is 409. The lowest BCUT2D eigenvalue weighted by Gasteiger charge is -2.21. The largest absolute Gasteiger partial charge is 0.469 e. The number of unbranched alkanes of at least 4 members (excludes halogenated alkanes) is 5. The Kier molecular flexibility index (Phi) is 11.8. The molecule has 152 valence electrons. The molecule has 1 saturated carbocycles. The molecule has 0 heterocycles. The van der Waals surface area contributed by atoms with Crippen molar-refractivity contribution in [2.45, 2.75) is 95.9 Å². The number of rotatable bonds is 13. The van der Waals surface area contributed by atoms with Crippen molar-refractivity contribution in [3.63, 3.8) is 0 Å². The lowest BCUT2D eigenvalue weighted by molar-refractivity contribution is -0.140. The minimum absolute atomic E-state index is 0.0460. The Balaban J connectivity index is 2.35. The number of aliphatic hydroxyl groups excluding tert-OH is 3. The first kappa shape index (κ1) is 23.1.